The van der Waals surface area contributed by atoms with Crippen LogP contribution in [-0.4, -0.2) is 68.3 Å². The van der Waals surface area contributed by atoms with Gasteiger partial charge in [-0.1, -0.05) is 6.07 Å². The third kappa shape index (κ3) is 5.18. The van der Waals surface area contributed by atoms with Crippen LogP contribution in [0.25, 0.3) is 0 Å². The minimum absolute atomic E-state index is 0.0920. The number of hydrogen-bond donors (Lipinski definition) is 1. The van der Waals surface area contributed by atoms with Gasteiger partial charge < -0.3 is 15.0 Å². The Morgan fingerprint density at radius 2 is 2.09 bits per heavy atom. The van der Waals surface area contributed by atoms with Crippen molar-refractivity contribution in [2.24, 2.45) is 0 Å². The van der Waals surface area contributed by atoms with Gasteiger partial charge in [-0.2, -0.15) is 0 Å². The summed E-state index contributed by atoms with van der Waals surface area (Å²) in [6, 6.07) is 4.06. The number of aryl methyl sites for hydroxylation is 1. The molecule has 1 amide bonds. The highest BCUT2D eigenvalue weighted by atomic mass is 16.5. The Morgan fingerprint density at radius 1 is 1.35 bits per heavy atom. The molecule has 1 aliphatic rings. The number of carbonyl (C=O) groups is 1. The molecule has 1 aromatic heterocycles. The van der Waals surface area contributed by atoms with Gasteiger partial charge in [0.05, 0.1) is 6.04 Å². The number of hydrogen-bond acceptors (Lipinski definition) is 5. The van der Waals surface area contributed by atoms with E-state index in [0.29, 0.717) is 13.2 Å². The summed E-state index contributed by atoms with van der Waals surface area (Å²) in [5, 5.41) is 2.98. The van der Waals surface area contributed by atoms with Crippen molar-refractivity contribution in [3.8, 4) is 0 Å². The second-order valence-electron chi connectivity index (χ2n) is 6.03. The molecule has 0 radical (unpaired) electrons. The molecule has 1 aliphatic heterocycles. The molecule has 1 saturated heterocycles. The molecule has 0 bridgehead atoms. The third-order valence-electron chi connectivity index (χ3n) is 4.29. The summed E-state index contributed by atoms with van der Waals surface area (Å²) in [5.74, 6) is 1.12. The van der Waals surface area contributed by atoms with Gasteiger partial charge in [0, 0.05) is 52.6 Å². The molecule has 2 heterocycles. The molecular weight excluding hydrogens is 292 g/mol. The van der Waals surface area contributed by atoms with E-state index in [1.807, 2.05) is 20.0 Å². The zero-order valence-electron chi connectivity index (χ0n) is 14.4. The monoisotopic (exact) mass is 320 g/mol. The highest BCUT2D eigenvalue weighted by Gasteiger charge is 2.25. The van der Waals surface area contributed by atoms with Gasteiger partial charge >= 0.3 is 0 Å². The number of rotatable bonds is 7. The number of ether oxygens (including phenoxy) is 1. The molecule has 0 unspecified atom stereocenters. The van der Waals surface area contributed by atoms with Crippen LogP contribution in [-0.2, 0) is 9.53 Å². The van der Waals surface area contributed by atoms with Gasteiger partial charge in [0.2, 0.25) is 5.91 Å². The Kier molecular flexibility index (Phi) is 6.80. The first-order chi connectivity index (χ1) is 11.1. The van der Waals surface area contributed by atoms with E-state index in [1.54, 1.807) is 7.11 Å². The zero-order valence-corrected chi connectivity index (χ0v) is 14.4. The highest BCUT2D eigenvalue weighted by Crippen LogP contribution is 2.15. The number of nitrogens with one attached hydrogen (secondary N) is 1. The van der Waals surface area contributed by atoms with E-state index in [2.05, 4.69) is 32.2 Å². The number of pyridine rings is 1. The van der Waals surface area contributed by atoms with E-state index >= 15 is 0 Å². The number of nitrogens with zero attached hydrogens (tertiary/aromatic N) is 3. The lowest BCUT2D eigenvalue weighted by atomic mass is 10.2. The Balaban J connectivity index is 1.76. The van der Waals surface area contributed by atoms with Crippen LogP contribution in [0, 0.1) is 6.92 Å². The van der Waals surface area contributed by atoms with Crippen LogP contribution in [0.2, 0.25) is 0 Å². The van der Waals surface area contributed by atoms with Crippen molar-refractivity contribution in [3.63, 3.8) is 0 Å². The average molecular weight is 320 g/mol. The van der Waals surface area contributed by atoms with Crippen molar-refractivity contribution < 1.29 is 9.53 Å². The van der Waals surface area contributed by atoms with Crippen molar-refractivity contribution in [3.05, 3.63) is 23.9 Å². The molecule has 128 valence electrons. The van der Waals surface area contributed by atoms with Gasteiger partial charge in [0.1, 0.15) is 5.82 Å². The largest absolute Gasteiger partial charge is 0.385 e. The Bertz CT molecular complexity index is 484. The Labute approximate surface area is 138 Å². The van der Waals surface area contributed by atoms with Gasteiger partial charge in [0.25, 0.3) is 0 Å². The SMILES string of the molecule is COCCCNC(=O)[C@@H](C)N1CCN(c2ccc(C)cn2)CC1. The molecule has 1 N–H and O–H groups in total. The fourth-order valence-electron chi connectivity index (χ4n) is 2.73. The van der Waals surface area contributed by atoms with Gasteiger partial charge in [0.15, 0.2) is 0 Å². The minimum atomic E-state index is -0.0920. The van der Waals surface area contributed by atoms with Gasteiger partial charge in [-0.15, -0.1) is 0 Å². The summed E-state index contributed by atoms with van der Waals surface area (Å²) >= 11 is 0. The number of aromatic nitrogens is 1. The number of methoxy groups -OCH3 is 1. The summed E-state index contributed by atoms with van der Waals surface area (Å²) in [6.07, 6.45) is 2.75. The fraction of sp³-hybridized carbons (Fsp3) is 0.647. The summed E-state index contributed by atoms with van der Waals surface area (Å²) in [6.45, 7) is 8.92. The highest BCUT2D eigenvalue weighted by molar-refractivity contribution is 5.81. The fourth-order valence-corrected chi connectivity index (χ4v) is 2.73. The molecule has 0 aromatic carbocycles. The summed E-state index contributed by atoms with van der Waals surface area (Å²) in [7, 11) is 1.67. The number of carbonyl (C=O) groups excluding carboxylic acids is 1. The van der Waals surface area contributed by atoms with Gasteiger partial charge in [-0.25, -0.2) is 4.98 Å². The maximum absolute atomic E-state index is 12.2. The van der Waals surface area contributed by atoms with Crippen molar-refractivity contribution in [2.45, 2.75) is 26.3 Å². The van der Waals surface area contributed by atoms with Crippen LogP contribution in [0.4, 0.5) is 5.82 Å². The maximum Gasteiger partial charge on any atom is 0.237 e. The molecule has 6 nitrogen and oxygen atoms in total. The minimum Gasteiger partial charge on any atom is -0.385 e. The van der Waals surface area contributed by atoms with Gasteiger partial charge in [-0.05, 0) is 31.9 Å². The van der Waals surface area contributed by atoms with Crippen molar-refractivity contribution in [2.75, 3.05) is 51.3 Å². The van der Waals surface area contributed by atoms with E-state index < -0.39 is 0 Å². The first-order valence-corrected chi connectivity index (χ1v) is 8.30. The quantitative estimate of drug-likeness (QED) is 0.761. The molecule has 0 spiro atoms. The van der Waals surface area contributed by atoms with Crippen LogP contribution in [0.1, 0.15) is 18.9 Å². The standard InChI is InChI=1S/C17H28N4O2/c1-14-5-6-16(19-13-14)21-10-8-20(9-11-21)15(2)17(22)18-7-4-12-23-3/h5-6,13,15H,4,7-12H2,1-3H3,(H,18,22)/t15-/m1/s1. The predicted molar refractivity (Wildman–Crippen MR) is 91.7 cm³/mol. The van der Waals surface area contributed by atoms with Crippen molar-refractivity contribution in [1.29, 1.82) is 0 Å². The normalized spacial score (nSPS) is 17.1. The summed E-state index contributed by atoms with van der Waals surface area (Å²) in [5.41, 5.74) is 1.17. The lowest BCUT2D eigenvalue weighted by molar-refractivity contribution is -0.126. The third-order valence-corrected chi connectivity index (χ3v) is 4.29. The maximum atomic E-state index is 12.2. The second kappa shape index (κ2) is 8.84. The van der Waals surface area contributed by atoms with E-state index in [0.717, 1.165) is 38.4 Å². The van der Waals surface area contributed by atoms with Crippen molar-refractivity contribution >= 4 is 11.7 Å². The molecule has 2 rings (SSSR count). The molecule has 1 fully saturated rings. The molecule has 0 aliphatic carbocycles. The lowest BCUT2D eigenvalue weighted by Gasteiger charge is -2.38. The molecule has 0 saturated carbocycles. The summed E-state index contributed by atoms with van der Waals surface area (Å²) in [4.78, 5) is 21.2. The zero-order chi connectivity index (χ0) is 16.7. The van der Waals surface area contributed by atoms with E-state index in [-0.39, 0.29) is 11.9 Å². The topological polar surface area (TPSA) is 57.7 Å². The molecule has 1 atom stereocenters. The molecule has 23 heavy (non-hydrogen) atoms. The smallest absolute Gasteiger partial charge is 0.237 e. The Hall–Kier alpha value is -1.66. The van der Waals surface area contributed by atoms with E-state index in [1.165, 1.54) is 5.56 Å². The van der Waals surface area contributed by atoms with Crippen LogP contribution in [0.5, 0.6) is 0 Å². The van der Waals surface area contributed by atoms with Crippen LogP contribution < -0.4 is 10.2 Å². The van der Waals surface area contributed by atoms with Crippen LogP contribution in [0.15, 0.2) is 18.3 Å². The number of amides is 1. The first-order valence-electron chi connectivity index (χ1n) is 8.30. The van der Waals surface area contributed by atoms with E-state index in [4.69, 9.17) is 4.74 Å². The first kappa shape index (κ1) is 17.7. The average Bonchev–Trinajstić information content (AvgIpc) is 2.59. The summed E-state index contributed by atoms with van der Waals surface area (Å²) < 4.78 is 4.99. The second-order valence-corrected chi connectivity index (χ2v) is 6.03. The Morgan fingerprint density at radius 3 is 2.70 bits per heavy atom. The van der Waals surface area contributed by atoms with Gasteiger partial charge in [-0.3, -0.25) is 9.69 Å². The number of anilines is 1. The predicted octanol–water partition coefficient (Wildman–Crippen LogP) is 1.05. The van der Waals surface area contributed by atoms with Crippen LogP contribution in [0.3, 0.4) is 0 Å². The lowest BCUT2D eigenvalue weighted by Crippen LogP contribution is -2.54. The number of piperazine rings is 1. The molecule has 6 heteroatoms. The van der Waals surface area contributed by atoms with Crippen molar-refractivity contribution in [1.82, 2.24) is 15.2 Å². The molecular formula is C17H28N4O2. The van der Waals surface area contributed by atoms with Crippen LogP contribution >= 0.6 is 0 Å². The molecule has 1 aromatic rings. The van der Waals surface area contributed by atoms with E-state index in [9.17, 15) is 4.79 Å².